The summed E-state index contributed by atoms with van der Waals surface area (Å²) in [4.78, 5) is 12.1. The number of alkyl halides is 2. The molecule has 2 heterocycles. The molecule has 0 spiro atoms. The number of rotatable bonds is 5. The first-order chi connectivity index (χ1) is 8.67. The van der Waals surface area contributed by atoms with Gasteiger partial charge in [-0.3, -0.25) is 0 Å². The van der Waals surface area contributed by atoms with Gasteiger partial charge < -0.3 is 0 Å². The molecule has 3 aliphatic rings. The van der Waals surface area contributed by atoms with E-state index in [0.29, 0.717) is 5.92 Å². The number of halogens is 2. The minimum atomic E-state index is -1.07. The van der Waals surface area contributed by atoms with Crippen LogP contribution in [0.1, 0.15) is 32.1 Å². The zero-order chi connectivity index (χ0) is 12.8. The predicted octanol–water partition coefficient (Wildman–Crippen LogP) is 2.08. The van der Waals surface area contributed by atoms with Crippen molar-refractivity contribution in [3.8, 4) is 0 Å². The first-order valence-electron chi connectivity index (χ1n) is 6.30. The Bertz CT molecular complexity index is 343. The molecule has 0 amide bonds. The molecule has 2 N–H and O–H groups in total. The van der Waals surface area contributed by atoms with Crippen LogP contribution in [0.4, 0.5) is 0 Å². The fourth-order valence-electron chi connectivity index (χ4n) is 2.51. The Labute approximate surface area is 128 Å². The number of nitrogens with one attached hydrogen (secondary N) is 2. The van der Waals surface area contributed by atoms with Gasteiger partial charge in [-0.05, 0) is 0 Å². The van der Waals surface area contributed by atoms with E-state index in [1.165, 1.54) is 19.3 Å². The second kappa shape index (κ2) is 5.30. The summed E-state index contributed by atoms with van der Waals surface area (Å²) >= 11 is 1.12. The summed E-state index contributed by atoms with van der Waals surface area (Å²) in [5, 5.41) is 0. The van der Waals surface area contributed by atoms with Crippen LogP contribution in [-0.2, 0) is 14.3 Å². The van der Waals surface area contributed by atoms with Crippen LogP contribution in [0.15, 0.2) is 0 Å². The van der Waals surface area contributed by atoms with E-state index in [2.05, 4.69) is 29.7 Å². The normalized spacial score (nSPS) is 30.2. The third-order valence-corrected chi connectivity index (χ3v) is 10.9. The fourth-order valence-corrected chi connectivity index (χ4v) is 9.90. The molecule has 2 aliphatic heterocycles. The van der Waals surface area contributed by atoms with Crippen molar-refractivity contribution in [3.63, 3.8) is 0 Å². The van der Waals surface area contributed by atoms with Crippen LogP contribution in [-0.4, -0.2) is 27.0 Å². The van der Waals surface area contributed by atoms with Gasteiger partial charge in [-0.25, -0.2) is 0 Å². The first-order valence-corrected chi connectivity index (χ1v) is 10.8. The molecule has 2 atom stereocenters. The van der Waals surface area contributed by atoms with Crippen molar-refractivity contribution in [2.24, 2.45) is 5.92 Å². The number of hydrogen-bond donors (Lipinski definition) is 2. The molecule has 104 valence electrons. The van der Waals surface area contributed by atoms with Crippen molar-refractivity contribution >= 4 is 48.9 Å². The molecule has 7 heteroatoms. The molecule has 0 aromatic heterocycles. The molecule has 0 bridgehead atoms. The van der Waals surface area contributed by atoms with Crippen molar-refractivity contribution in [1.29, 1.82) is 0 Å². The third kappa shape index (κ3) is 2.52. The van der Waals surface area contributed by atoms with E-state index >= 15 is 0 Å². The van der Waals surface area contributed by atoms with Gasteiger partial charge in [0, 0.05) is 0 Å². The van der Waals surface area contributed by atoms with Gasteiger partial charge >= 0.3 is 129 Å². The molecular weight excluding hydrogens is 462 g/mol. The number of carbonyl (C=O) groups is 1. The fraction of sp³-hybridized carbons (Fsp3) is 0.909. The summed E-state index contributed by atoms with van der Waals surface area (Å²) in [5.74, 6) is 0.244. The van der Waals surface area contributed by atoms with E-state index in [9.17, 15) is 4.79 Å². The van der Waals surface area contributed by atoms with Crippen molar-refractivity contribution in [1.82, 2.24) is 7.06 Å². The summed E-state index contributed by atoms with van der Waals surface area (Å²) in [6.45, 7) is 0. The molecule has 3 fully saturated rings. The van der Waals surface area contributed by atoms with Gasteiger partial charge in [0.05, 0.1) is 0 Å². The maximum absolute atomic E-state index is 12.1. The van der Waals surface area contributed by atoms with Gasteiger partial charge in [0.15, 0.2) is 0 Å². The average Bonchev–Trinajstić information content (AvgIpc) is 3.25. The summed E-state index contributed by atoms with van der Waals surface area (Å²) in [6.07, 6.45) is 5.60. The van der Waals surface area contributed by atoms with Crippen LogP contribution in [0.3, 0.4) is 0 Å². The van der Waals surface area contributed by atoms with Crippen LogP contribution >= 0.6 is 43.0 Å². The van der Waals surface area contributed by atoms with Crippen LogP contribution < -0.4 is 7.06 Å². The number of fused-ring (bicyclic) bond motifs is 1. The quantitative estimate of drug-likeness (QED) is 0.120. The van der Waals surface area contributed by atoms with E-state index in [4.69, 9.17) is 9.47 Å². The Kier molecular flexibility index (Phi) is 4.06. The Morgan fingerprint density at radius 3 is 2.50 bits per heavy atom. The van der Waals surface area contributed by atoms with Gasteiger partial charge in [-0.15, -0.1) is 0 Å². The molecule has 5 nitrogen and oxygen atoms in total. The molecule has 0 radical (unpaired) electrons. The van der Waals surface area contributed by atoms with Crippen LogP contribution in [0.2, 0.25) is 0 Å². The average molecular weight is 480 g/mol. The summed E-state index contributed by atoms with van der Waals surface area (Å²) in [6, 6.07) is 0. The molecule has 1 saturated carbocycles. The molecule has 3 rings (SSSR count). The SMILES string of the molecule is COC(OC(=O)C(I)C12NI1N2)C1CCCCC1. The molecule has 2 saturated heterocycles. The van der Waals surface area contributed by atoms with Crippen molar-refractivity contribution in [3.05, 3.63) is 0 Å². The van der Waals surface area contributed by atoms with E-state index in [0.717, 1.165) is 12.8 Å². The van der Waals surface area contributed by atoms with Gasteiger partial charge in [-0.2, -0.15) is 0 Å². The molecule has 2 unspecified atom stereocenters. The number of ether oxygens (including phenoxy) is 2. The van der Waals surface area contributed by atoms with Crippen molar-refractivity contribution < 1.29 is 14.3 Å². The Hall–Kier alpha value is 0.810. The predicted molar refractivity (Wildman–Crippen MR) is 84.3 cm³/mol. The van der Waals surface area contributed by atoms with Crippen molar-refractivity contribution in [2.45, 2.75) is 46.0 Å². The second-order valence-electron chi connectivity index (χ2n) is 4.99. The number of hydrogen-bond acceptors (Lipinski definition) is 5. The number of carbonyl (C=O) groups excluding carboxylic acids is 1. The van der Waals surface area contributed by atoms with Crippen LogP contribution in [0.25, 0.3) is 0 Å². The Morgan fingerprint density at radius 2 is 2.00 bits per heavy atom. The van der Waals surface area contributed by atoms with Gasteiger partial charge in [0.1, 0.15) is 0 Å². The third-order valence-electron chi connectivity index (χ3n) is 3.75. The first kappa shape index (κ1) is 13.8. The van der Waals surface area contributed by atoms with Crippen LogP contribution in [0.5, 0.6) is 0 Å². The zero-order valence-electron chi connectivity index (χ0n) is 10.2. The standard InChI is InChI=1S/C11H18I2N2O3/c1-17-10(7-5-3-2-4-6-7)18-9(16)8(12)11-13(14-11)15-11/h7-8,10,14-15H,2-6H2,1H3. The number of esters is 1. The summed E-state index contributed by atoms with van der Waals surface area (Å²) in [5.41, 5.74) is 0. The van der Waals surface area contributed by atoms with Gasteiger partial charge in [0.2, 0.25) is 0 Å². The van der Waals surface area contributed by atoms with E-state index in [1.807, 2.05) is 0 Å². The maximum atomic E-state index is 12.1. The molecule has 1 aliphatic carbocycles. The van der Waals surface area contributed by atoms with Gasteiger partial charge in [0.25, 0.3) is 0 Å². The topological polar surface area (TPSA) is 79.4 Å². The molecule has 0 aromatic carbocycles. The monoisotopic (exact) mass is 480 g/mol. The zero-order valence-corrected chi connectivity index (χ0v) is 14.6. The molecule has 18 heavy (non-hydrogen) atoms. The van der Waals surface area contributed by atoms with E-state index < -0.39 is 20.4 Å². The summed E-state index contributed by atoms with van der Waals surface area (Å²) < 4.78 is 17.5. The minimum absolute atomic E-state index is 0.00752. The Morgan fingerprint density at radius 1 is 1.39 bits per heavy atom. The second-order valence-corrected chi connectivity index (χ2v) is 10.6. The van der Waals surface area contributed by atoms with Crippen molar-refractivity contribution in [2.75, 3.05) is 7.11 Å². The summed E-state index contributed by atoms with van der Waals surface area (Å²) in [7, 11) is 1.64. The van der Waals surface area contributed by atoms with Crippen LogP contribution in [0, 0.1) is 5.92 Å². The van der Waals surface area contributed by atoms with E-state index in [-0.39, 0.29) is 19.9 Å². The molecule has 0 aromatic rings. The Balaban J connectivity index is 1.53. The van der Waals surface area contributed by atoms with Gasteiger partial charge in [-0.1, -0.05) is 0 Å². The number of methoxy groups -OCH3 is 1. The van der Waals surface area contributed by atoms with E-state index in [1.54, 1.807) is 7.11 Å². The molecular formula is C11H18I2N2O3.